The summed E-state index contributed by atoms with van der Waals surface area (Å²) in [5.74, 6) is -0.672. The van der Waals surface area contributed by atoms with Crippen LogP contribution in [0.4, 0.5) is 5.69 Å². The molecule has 7 heteroatoms. The molecule has 0 spiro atoms. The van der Waals surface area contributed by atoms with E-state index in [4.69, 9.17) is 4.42 Å². The second kappa shape index (κ2) is 7.76. The van der Waals surface area contributed by atoms with Gasteiger partial charge in [0.1, 0.15) is 11.4 Å². The van der Waals surface area contributed by atoms with Gasteiger partial charge in [0.2, 0.25) is 5.89 Å². The van der Waals surface area contributed by atoms with Gasteiger partial charge in [-0.1, -0.05) is 36.4 Å². The minimum absolute atomic E-state index is 0.106. The Morgan fingerprint density at radius 1 is 1.08 bits per heavy atom. The number of hydrogen-bond acceptors (Lipinski definition) is 5. The van der Waals surface area contributed by atoms with Crippen molar-refractivity contribution in [2.45, 2.75) is 18.9 Å². The Labute approximate surface area is 155 Å². The van der Waals surface area contributed by atoms with Crippen LogP contribution in [-0.4, -0.2) is 15.2 Å². The normalized spacial score (nSPS) is 12.1. The highest BCUT2D eigenvalue weighted by Gasteiger charge is 2.26. The van der Waals surface area contributed by atoms with Crippen LogP contribution in [-0.2, 0) is 16.1 Å². The quantitative estimate of drug-likeness (QED) is 0.550. The minimum Gasteiger partial charge on any atom is -0.440 e. The third-order valence-corrected chi connectivity index (χ3v) is 4.23. The average molecular weight is 372 g/mol. The molecular weight excluding hydrogens is 356 g/mol. The van der Waals surface area contributed by atoms with E-state index in [0.717, 1.165) is 11.3 Å². The number of aromatic nitrogens is 1. The number of para-hydroxylation sites is 1. The van der Waals surface area contributed by atoms with Crippen LogP contribution in [0.5, 0.6) is 0 Å². The molecule has 1 aromatic heterocycles. The fraction of sp³-hybridized carbons (Fsp3) is 0.167. The lowest BCUT2D eigenvalue weighted by atomic mass is 10.1. The number of fused-ring (bicyclic) bond motifs is 1. The molecule has 1 unspecified atom stereocenters. The van der Waals surface area contributed by atoms with Crippen LogP contribution < -0.4 is 5.32 Å². The number of anilines is 1. The molecule has 0 aliphatic carbocycles. The number of oxazole rings is 1. The molecule has 0 amide bonds. The molecule has 0 fully saturated rings. The molecule has 0 saturated heterocycles. The standard InChI is InChI=1S/C18H16N2O3S2/c21-15(24)9-12(18(22)25)17-20-16-13(7-4-8-14(16)23-17)19-10-11-5-2-1-3-6-11/h1-8,12,19H,9-10H2,(H,21,24)(H,22,25). The van der Waals surface area contributed by atoms with E-state index >= 15 is 0 Å². The third-order valence-electron chi connectivity index (χ3n) is 3.74. The topological polar surface area (TPSA) is 72.2 Å². The first-order chi connectivity index (χ1) is 12.0. The Morgan fingerprint density at radius 2 is 1.84 bits per heavy atom. The summed E-state index contributed by atoms with van der Waals surface area (Å²) >= 11 is 7.57. The highest BCUT2D eigenvalue weighted by atomic mass is 32.1. The number of hydrogen-bond donors (Lipinski definition) is 3. The Balaban J connectivity index is 1.89. The first kappa shape index (κ1) is 17.6. The van der Waals surface area contributed by atoms with E-state index in [2.05, 4.69) is 35.6 Å². The lowest BCUT2D eigenvalue weighted by Gasteiger charge is -2.06. The van der Waals surface area contributed by atoms with E-state index in [1.165, 1.54) is 0 Å². The fourth-order valence-electron chi connectivity index (χ4n) is 2.51. The predicted octanol–water partition coefficient (Wildman–Crippen LogP) is 3.83. The maximum atomic E-state index is 11.7. The van der Waals surface area contributed by atoms with Gasteiger partial charge in [0.05, 0.1) is 5.69 Å². The van der Waals surface area contributed by atoms with E-state index in [9.17, 15) is 9.59 Å². The van der Waals surface area contributed by atoms with Crippen molar-refractivity contribution < 1.29 is 14.0 Å². The Hall–Kier alpha value is -2.25. The molecule has 1 N–H and O–H groups in total. The molecule has 0 radical (unpaired) electrons. The highest BCUT2D eigenvalue weighted by Crippen LogP contribution is 2.30. The first-order valence-corrected chi connectivity index (χ1v) is 8.56. The van der Waals surface area contributed by atoms with Gasteiger partial charge in [0.15, 0.2) is 15.8 Å². The van der Waals surface area contributed by atoms with Crippen LogP contribution in [0.15, 0.2) is 52.9 Å². The zero-order valence-electron chi connectivity index (χ0n) is 13.2. The van der Waals surface area contributed by atoms with E-state index in [0.29, 0.717) is 17.6 Å². The second-order valence-electron chi connectivity index (χ2n) is 5.53. The van der Waals surface area contributed by atoms with E-state index < -0.39 is 16.1 Å². The fourth-order valence-corrected chi connectivity index (χ4v) is 2.89. The Bertz CT molecular complexity index is 909. The van der Waals surface area contributed by atoms with Crippen LogP contribution in [0.1, 0.15) is 23.8 Å². The largest absolute Gasteiger partial charge is 0.440 e. The summed E-state index contributed by atoms with van der Waals surface area (Å²) in [4.78, 5) is 27.4. The van der Waals surface area contributed by atoms with Gasteiger partial charge in [-0.25, -0.2) is 4.98 Å². The number of nitrogens with zero attached hydrogens (tertiary/aromatic N) is 1. The maximum Gasteiger partial charge on any atom is 0.207 e. The van der Waals surface area contributed by atoms with Gasteiger partial charge in [-0.05, 0) is 17.7 Å². The number of nitrogens with one attached hydrogen (secondary N) is 1. The highest BCUT2D eigenvalue weighted by molar-refractivity contribution is 7.97. The maximum absolute atomic E-state index is 11.7. The third kappa shape index (κ3) is 4.24. The molecule has 0 aliphatic heterocycles. The molecule has 0 aliphatic rings. The zero-order valence-corrected chi connectivity index (χ0v) is 15.0. The zero-order chi connectivity index (χ0) is 17.8. The molecule has 2 aromatic carbocycles. The van der Waals surface area contributed by atoms with Gasteiger partial charge in [-0.2, -0.15) is 0 Å². The average Bonchev–Trinajstić information content (AvgIpc) is 3.02. The van der Waals surface area contributed by atoms with E-state index in [1.807, 2.05) is 42.5 Å². The molecule has 25 heavy (non-hydrogen) atoms. The van der Waals surface area contributed by atoms with Crippen LogP contribution in [0, 0.1) is 0 Å². The minimum atomic E-state index is -0.845. The van der Waals surface area contributed by atoms with Crippen molar-refractivity contribution in [3.05, 3.63) is 60.0 Å². The van der Waals surface area contributed by atoms with Crippen molar-refractivity contribution in [3.63, 3.8) is 0 Å². The van der Waals surface area contributed by atoms with Gasteiger partial charge in [-0.15, -0.1) is 25.3 Å². The molecule has 0 saturated carbocycles. The van der Waals surface area contributed by atoms with Gasteiger partial charge >= 0.3 is 0 Å². The van der Waals surface area contributed by atoms with Crippen LogP contribution in [0.25, 0.3) is 11.1 Å². The number of carbonyl (C=O) groups is 2. The molecule has 128 valence electrons. The van der Waals surface area contributed by atoms with Crippen molar-refractivity contribution in [2.24, 2.45) is 0 Å². The molecular formula is C18H16N2O3S2. The van der Waals surface area contributed by atoms with Gasteiger partial charge in [-0.3, -0.25) is 9.59 Å². The van der Waals surface area contributed by atoms with Crippen molar-refractivity contribution in [1.82, 2.24) is 4.98 Å². The van der Waals surface area contributed by atoms with Crippen LogP contribution in [0.2, 0.25) is 0 Å². The Morgan fingerprint density at radius 3 is 2.52 bits per heavy atom. The summed E-state index contributed by atoms with van der Waals surface area (Å²) in [5, 5.41) is 2.42. The first-order valence-electron chi connectivity index (χ1n) is 7.66. The summed E-state index contributed by atoms with van der Waals surface area (Å²) in [6.45, 7) is 0.631. The lowest BCUT2D eigenvalue weighted by Crippen LogP contribution is -2.10. The number of carbonyl (C=O) groups excluding carboxylic acids is 2. The number of rotatable bonds is 7. The van der Waals surface area contributed by atoms with Gasteiger partial charge < -0.3 is 9.73 Å². The van der Waals surface area contributed by atoms with Crippen molar-refractivity contribution >= 4 is 52.3 Å². The molecule has 3 rings (SSSR count). The molecule has 5 nitrogen and oxygen atoms in total. The summed E-state index contributed by atoms with van der Waals surface area (Å²) < 4.78 is 5.68. The Kier molecular flexibility index (Phi) is 5.45. The molecule has 1 atom stereocenters. The van der Waals surface area contributed by atoms with Crippen LogP contribution in [0.3, 0.4) is 0 Å². The number of thiol groups is 2. The second-order valence-corrected chi connectivity index (χ2v) is 6.47. The van der Waals surface area contributed by atoms with Crippen LogP contribution >= 0.6 is 25.3 Å². The smallest absolute Gasteiger partial charge is 0.207 e. The molecule has 1 heterocycles. The molecule has 3 aromatic rings. The van der Waals surface area contributed by atoms with Gasteiger partial charge in [0, 0.05) is 13.0 Å². The molecule has 0 bridgehead atoms. The summed E-state index contributed by atoms with van der Waals surface area (Å²) in [6, 6.07) is 15.5. The van der Waals surface area contributed by atoms with Crippen molar-refractivity contribution in [2.75, 3.05) is 5.32 Å². The summed E-state index contributed by atoms with van der Waals surface area (Å²) in [7, 11) is 0. The summed E-state index contributed by atoms with van der Waals surface area (Å²) in [5.41, 5.74) is 3.07. The van der Waals surface area contributed by atoms with Crippen molar-refractivity contribution in [3.8, 4) is 0 Å². The summed E-state index contributed by atoms with van der Waals surface area (Å²) in [6.07, 6.45) is -0.106. The van der Waals surface area contributed by atoms with E-state index in [1.54, 1.807) is 6.07 Å². The van der Waals surface area contributed by atoms with Crippen molar-refractivity contribution in [1.29, 1.82) is 0 Å². The SMILES string of the molecule is O=C(S)CC(C(=O)S)c1nc2c(NCc3ccccc3)cccc2o1. The number of benzene rings is 2. The lowest BCUT2D eigenvalue weighted by molar-refractivity contribution is -0.117. The predicted molar refractivity (Wildman–Crippen MR) is 103 cm³/mol. The van der Waals surface area contributed by atoms with E-state index in [-0.39, 0.29) is 12.3 Å². The van der Waals surface area contributed by atoms with Gasteiger partial charge in [0.25, 0.3) is 0 Å². The monoisotopic (exact) mass is 372 g/mol.